The van der Waals surface area contributed by atoms with Crippen molar-refractivity contribution < 1.29 is 14.6 Å². The van der Waals surface area contributed by atoms with Gasteiger partial charge in [0.1, 0.15) is 5.52 Å². The Morgan fingerprint density at radius 1 is 1.16 bits per heavy atom. The van der Waals surface area contributed by atoms with Gasteiger partial charge in [-0.25, -0.2) is 9.50 Å². The molecule has 4 heterocycles. The summed E-state index contributed by atoms with van der Waals surface area (Å²) < 4.78 is 7.98. The predicted molar refractivity (Wildman–Crippen MR) is 167 cm³/mol. The third-order valence-corrected chi connectivity index (χ3v) is 8.49. The fourth-order valence-electron chi connectivity index (χ4n) is 5.63. The molecule has 2 atom stereocenters. The molecule has 43 heavy (non-hydrogen) atoms. The van der Waals surface area contributed by atoms with Gasteiger partial charge in [-0.2, -0.15) is 5.10 Å². The number of aromatic nitrogens is 5. The summed E-state index contributed by atoms with van der Waals surface area (Å²) in [6, 6.07) is 13.4. The molecule has 11 nitrogen and oxygen atoms in total. The van der Waals surface area contributed by atoms with Crippen molar-refractivity contribution in [2.75, 3.05) is 23.7 Å². The van der Waals surface area contributed by atoms with Crippen LogP contribution in [0.25, 0.3) is 5.52 Å². The van der Waals surface area contributed by atoms with E-state index >= 15 is 0 Å². The second kappa shape index (κ2) is 11.6. The topological polar surface area (TPSA) is 133 Å². The minimum absolute atomic E-state index is 0.0382. The van der Waals surface area contributed by atoms with Gasteiger partial charge in [-0.3, -0.25) is 14.8 Å². The van der Waals surface area contributed by atoms with Gasteiger partial charge in [0.2, 0.25) is 11.1 Å². The largest absolute Gasteiger partial charge is 0.389 e. The smallest absolute Gasteiger partial charge is 0.238 e. The van der Waals surface area contributed by atoms with Crippen LogP contribution in [0.5, 0.6) is 0 Å². The predicted octanol–water partition coefficient (Wildman–Crippen LogP) is 5.19. The molecule has 0 spiro atoms. The zero-order valence-electron chi connectivity index (χ0n) is 25.3. The summed E-state index contributed by atoms with van der Waals surface area (Å²) in [7, 11) is 0. The number of hydrogen-bond acceptors (Lipinski definition) is 9. The summed E-state index contributed by atoms with van der Waals surface area (Å²) in [4.78, 5) is 20.8. The number of hydrogen-bond donors (Lipinski definition) is 4. The van der Waals surface area contributed by atoms with Crippen molar-refractivity contribution in [1.82, 2.24) is 29.7 Å². The number of nitrogens with zero attached hydrogens (tertiary/aromatic N) is 5. The maximum absolute atomic E-state index is 13.0. The van der Waals surface area contributed by atoms with Crippen LogP contribution in [0.15, 0.2) is 58.7 Å². The van der Waals surface area contributed by atoms with E-state index in [4.69, 9.17) is 9.72 Å². The van der Waals surface area contributed by atoms with Crippen LogP contribution in [-0.4, -0.2) is 77.1 Å². The number of benzene rings is 1. The van der Waals surface area contributed by atoms with Crippen LogP contribution in [0.4, 0.5) is 17.3 Å². The molecular formula is C31H40N8O3S. The Morgan fingerprint density at radius 3 is 2.63 bits per heavy atom. The highest BCUT2D eigenvalue weighted by molar-refractivity contribution is 7.99. The van der Waals surface area contributed by atoms with Crippen molar-refractivity contribution >= 4 is 40.5 Å². The van der Waals surface area contributed by atoms with Crippen molar-refractivity contribution in [3.63, 3.8) is 0 Å². The maximum atomic E-state index is 13.0. The lowest BCUT2D eigenvalue weighted by molar-refractivity contribution is -0.118. The molecule has 0 unspecified atom stereocenters. The number of aliphatic hydroxyl groups is 1. The highest BCUT2D eigenvalue weighted by atomic mass is 32.2. The molecule has 2 aliphatic rings. The summed E-state index contributed by atoms with van der Waals surface area (Å²) in [5.74, 6) is 1.87. The summed E-state index contributed by atoms with van der Waals surface area (Å²) >= 11 is 1.44. The fraction of sp³-hybridized carbons (Fsp3) is 0.484. The van der Waals surface area contributed by atoms with Crippen molar-refractivity contribution in [2.45, 2.75) is 93.2 Å². The summed E-state index contributed by atoms with van der Waals surface area (Å²) in [5, 5.41) is 29.9. The number of carbonyl (C=O) groups is 1. The van der Waals surface area contributed by atoms with E-state index in [1.165, 1.54) is 24.6 Å². The molecular weight excluding hydrogens is 564 g/mol. The van der Waals surface area contributed by atoms with Crippen molar-refractivity contribution in [3.05, 3.63) is 54.4 Å². The molecule has 12 heteroatoms. The van der Waals surface area contributed by atoms with E-state index < -0.39 is 5.60 Å². The van der Waals surface area contributed by atoms with Gasteiger partial charge in [0.25, 0.3) is 0 Å². The van der Waals surface area contributed by atoms with Crippen LogP contribution in [0.2, 0.25) is 0 Å². The third-order valence-electron chi connectivity index (χ3n) is 7.63. The minimum atomic E-state index is -0.950. The summed E-state index contributed by atoms with van der Waals surface area (Å²) in [5.41, 5.74) is 1.47. The monoisotopic (exact) mass is 604 g/mol. The van der Waals surface area contributed by atoms with E-state index in [9.17, 15) is 9.90 Å². The Bertz CT molecular complexity index is 1580. The minimum Gasteiger partial charge on any atom is -0.389 e. The molecule has 3 aromatic heterocycles. The molecule has 1 aromatic carbocycles. The number of likely N-dealkylation sites (tertiary alicyclic amines) is 1. The number of amides is 1. The highest BCUT2D eigenvalue weighted by Crippen LogP contribution is 2.40. The van der Waals surface area contributed by atoms with Crippen LogP contribution >= 0.6 is 11.8 Å². The number of rotatable bonds is 10. The second-order valence-electron chi connectivity index (χ2n) is 13.1. The van der Waals surface area contributed by atoms with E-state index in [-0.39, 0.29) is 30.2 Å². The Hall–Kier alpha value is -3.45. The summed E-state index contributed by atoms with van der Waals surface area (Å²) in [6.07, 6.45) is 4.94. The van der Waals surface area contributed by atoms with Crippen molar-refractivity contribution in [2.24, 2.45) is 0 Å². The van der Waals surface area contributed by atoms with Gasteiger partial charge in [-0.1, -0.05) is 0 Å². The number of anilines is 3. The first-order valence-corrected chi connectivity index (χ1v) is 15.6. The van der Waals surface area contributed by atoms with Crippen LogP contribution < -0.4 is 10.6 Å². The molecule has 1 amide bonds. The van der Waals surface area contributed by atoms with Crippen LogP contribution in [0.1, 0.15) is 65.5 Å². The zero-order valence-corrected chi connectivity index (χ0v) is 26.1. The first kappa shape index (κ1) is 29.6. The van der Waals surface area contributed by atoms with Crippen LogP contribution in [0.3, 0.4) is 0 Å². The number of aromatic amines is 1. The van der Waals surface area contributed by atoms with Gasteiger partial charge >= 0.3 is 0 Å². The zero-order chi connectivity index (χ0) is 30.4. The first-order chi connectivity index (χ1) is 20.4. The van der Waals surface area contributed by atoms with E-state index in [2.05, 4.69) is 25.9 Å². The molecule has 2 fully saturated rings. The standard InChI is InChI=1S/C31H40N8O3S/c1-30(2,3)42-21-15-25(31(4,5)41)38(17-21)18-27(40)32-20-10-12-22(13-11-20)43-29-34-28(24-7-6-14-39(24)37-29)33-26-16-23(35-36-26)19-8-9-19/h6-7,10-14,16,19,21,25,41H,8-9,15,17-18H2,1-5H3,(H,32,40)(H2,33,34,35,36,37)/t21-,25+/m1/s1. The SMILES string of the molecule is CC(C)(C)O[C@@H]1C[C@@H](C(C)(C)O)N(CC(=O)Nc2ccc(Sc3nc(Nc4cc(C5CC5)[nH]n4)c4cccn4n3)cc2)C1. The lowest BCUT2D eigenvalue weighted by Crippen LogP contribution is -2.48. The van der Waals surface area contributed by atoms with Gasteiger partial charge in [0.15, 0.2) is 11.6 Å². The first-order valence-electron chi connectivity index (χ1n) is 14.8. The second-order valence-corrected chi connectivity index (χ2v) is 14.1. The maximum Gasteiger partial charge on any atom is 0.238 e. The normalized spacial score (nSPS) is 19.7. The molecule has 6 rings (SSSR count). The number of nitrogens with one attached hydrogen (secondary N) is 3. The van der Waals surface area contributed by atoms with Crippen LogP contribution in [-0.2, 0) is 9.53 Å². The van der Waals surface area contributed by atoms with E-state index in [1.807, 2.05) is 74.3 Å². The average Bonchev–Trinajstić information content (AvgIpc) is 3.26. The molecule has 1 saturated heterocycles. The molecule has 1 saturated carbocycles. The Kier molecular flexibility index (Phi) is 7.97. The fourth-order valence-corrected chi connectivity index (χ4v) is 6.38. The lowest BCUT2D eigenvalue weighted by Gasteiger charge is -2.33. The number of fused-ring (bicyclic) bond motifs is 1. The van der Waals surface area contributed by atoms with Crippen molar-refractivity contribution in [1.29, 1.82) is 0 Å². The quantitative estimate of drug-likeness (QED) is 0.193. The number of H-pyrrole nitrogens is 1. The van der Waals surface area contributed by atoms with Gasteiger partial charge in [-0.15, -0.1) is 5.10 Å². The highest BCUT2D eigenvalue weighted by Gasteiger charge is 2.42. The molecule has 0 radical (unpaired) electrons. The Balaban J connectivity index is 1.09. The molecule has 1 aliphatic heterocycles. The number of carbonyl (C=O) groups excluding carboxylic acids is 1. The van der Waals surface area contributed by atoms with E-state index in [0.29, 0.717) is 35.5 Å². The average molecular weight is 605 g/mol. The van der Waals surface area contributed by atoms with Gasteiger partial charge in [0.05, 0.1) is 23.9 Å². The van der Waals surface area contributed by atoms with Gasteiger partial charge in [-0.05, 0) is 102 Å². The van der Waals surface area contributed by atoms with E-state index in [0.717, 1.165) is 21.9 Å². The summed E-state index contributed by atoms with van der Waals surface area (Å²) in [6.45, 7) is 10.4. The van der Waals surface area contributed by atoms with Gasteiger partial charge in [0, 0.05) is 47.0 Å². The Labute approximate surface area is 255 Å². The molecule has 4 N–H and O–H groups in total. The van der Waals surface area contributed by atoms with Crippen LogP contribution in [0, 0.1) is 0 Å². The molecule has 0 bridgehead atoms. The Morgan fingerprint density at radius 2 is 1.93 bits per heavy atom. The number of ether oxygens (including phenoxy) is 1. The van der Waals surface area contributed by atoms with Crippen molar-refractivity contribution in [3.8, 4) is 0 Å². The van der Waals surface area contributed by atoms with E-state index in [1.54, 1.807) is 18.4 Å². The van der Waals surface area contributed by atoms with Gasteiger partial charge < -0.3 is 20.5 Å². The molecule has 228 valence electrons. The molecule has 4 aromatic rings. The third kappa shape index (κ3) is 7.38. The lowest BCUT2D eigenvalue weighted by atomic mass is 9.96. The molecule has 1 aliphatic carbocycles.